The summed E-state index contributed by atoms with van der Waals surface area (Å²) in [6.07, 6.45) is 2.27. The van der Waals surface area contributed by atoms with Crippen molar-refractivity contribution in [3.8, 4) is 0 Å². The molecule has 148 valence electrons. The number of nitrogens with zero attached hydrogens (tertiary/aromatic N) is 3. The number of aromatic nitrogens is 2. The third-order valence-electron chi connectivity index (χ3n) is 4.59. The van der Waals surface area contributed by atoms with Crippen molar-refractivity contribution in [3.05, 3.63) is 65.7 Å². The molecule has 29 heavy (non-hydrogen) atoms. The van der Waals surface area contributed by atoms with Crippen LogP contribution < -0.4 is 10.2 Å². The predicted octanol–water partition coefficient (Wildman–Crippen LogP) is 3.79. The normalized spacial score (nSPS) is 13.0. The van der Waals surface area contributed by atoms with E-state index in [1.165, 1.54) is 28.7 Å². The van der Waals surface area contributed by atoms with Gasteiger partial charge in [0.1, 0.15) is 0 Å². The van der Waals surface area contributed by atoms with Gasteiger partial charge in [0.15, 0.2) is 4.34 Å². The first kappa shape index (κ1) is 19.6. The van der Waals surface area contributed by atoms with Crippen LogP contribution in [0.4, 0.5) is 10.8 Å². The number of thioether (sulfide) groups is 1. The molecule has 2 amide bonds. The Morgan fingerprint density at radius 3 is 2.72 bits per heavy atom. The fourth-order valence-electron chi connectivity index (χ4n) is 3.26. The average Bonchev–Trinajstić information content (AvgIpc) is 3.19. The van der Waals surface area contributed by atoms with Crippen LogP contribution in [0.25, 0.3) is 0 Å². The maximum atomic E-state index is 12.7. The van der Waals surface area contributed by atoms with Gasteiger partial charge in [0.25, 0.3) is 0 Å². The number of rotatable bonds is 6. The summed E-state index contributed by atoms with van der Waals surface area (Å²) in [5.41, 5.74) is 3.17. The Balaban J connectivity index is 1.31. The molecule has 6 nitrogen and oxygen atoms in total. The minimum atomic E-state index is -0.134. The second-order valence-corrected chi connectivity index (χ2v) is 8.85. The highest BCUT2D eigenvalue weighted by Gasteiger charge is 2.22. The zero-order valence-corrected chi connectivity index (χ0v) is 17.3. The zero-order chi connectivity index (χ0) is 20.1. The molecule has 1 N–H and O–H groups in total. The highest BCUT2D eigenvalue weighted by Crippen LogP contribution is 2.29. The lowest BCUT2D eigenvalue weighted by atomic mass is 10.0. The van der Waals surface area contributed by atoms with E-state index in [1.54, 1.807) is 0 Å². The van der Waals surface area contributed by atoms with Gasteiger partial charge in [0.2, 0.25) is 16.9 Å². The Morgan fingerprint density at radius 1 is 1.07 bits per heavy atom. The van der Waals surface area contributed by atoms with E-state index in [4.69, 9.17) is 0 Å². The average molecular weight is 425 g/mol. The predicted molar refractivity (Wildman–Crippen MR) is 117 cm³/mol. The minimum Gasteiger partial charge on any atom is -0.311 e. The standard InChI is InChI=1S/C21H20N4O2S2/c26-18(13-15-7-2-1-3-8-15)22-20-23-24-21(29-20)28-14-19(27)25-12-6-10-16-9-4-5-11-17(16)25/h1-5,7-9,11H,6,10,12-14H2,(H,22,23,26). The topological polar surface area (TPSA) is 75.2 Å². The summed E-state index contributed by atoms with van der Waals surface area (Å²) in [4.78, 5) is 26.7. The molecule has 0 fully saturated rings. The van der Waals surface area contributed by atoms with Gasteiger partial charge in [0, 0.05) is 12.2 Å². The number of benzene rings is 2. The van der Waals surface area contributed by atoms with Crippen molar-refractivity contribution in [1.82, 2.24) is 10.2 Å². The lowest BCUT2D eigenvalue weighted by Gasteiger charge is -2.29. The van der Waals surface area contributed by atoms with Crippen LogP contribution in [-0.4, -0.2) is 34.3 Å². The summed E-state index contributed by atoms with van der Waals surface area (Å²) in [6.45, 7) is 0.743. The summed E-state index contributed by atoms with van der Waals surface area (Å²) in [5.74, 6) is 0.220. The zero-order valence-electron chi connectivity index (χ0n) is 15.7. The Kier molecular flexibility index (Phi) is 6.21. The molecule has 4 rings (SSSR count). The van der Waals surface area contributed by atoms with Crippen LogP contribution in [-0.2, 0) is 22.4 Å². The number of carbonyl (C=O) groups is 2. The number of hydrogen-bond acceptors (Lipinski definition) is 6. The first-order chi connectivity index (χ1) is 14.2. The Hall–Kier alpha value is -2.71. The molecule has 0 spiro atoms. The molecule has 1 aliphatic heterocycles. The number of carbonyl (C=O) groups excluding carboxylic acids is 2. The summed E-state index contributed by atoms with van der Waals surface area (Å²) in [6, 6.07) is 17.6. The van der Waals surface area contributed by atoms with E-state index >= 15 is 0 Å². The molecule has 8 heteroatoms. The van der Waals surface area contributed by atoms with E-state index in [2.05, 4.69) is 21.6 Å². The van der Waals surface area contributed by atoms with Gasteiger partial charge < -0.3 is 10.2 Å². The van der Waals surface area contributed by atoms with Crippen LogP contribution in [0, 0.1) is 0 Å². The second-order valence-electron chi connectivity index (χ2n) is 6.65. The molecule has 0 aliphatic carbocycles. The third-order valence-corrected chi connectivity index (χ3v) is 6.55. The van der Waals surface area contributed by atoms with E-state index in [1.807, 2.05) is 53.4 Å². The van der Waals surface area contributed by atoms with Gasteiger partial charge in [-0.05, 0) is 30.0 Å². The van der Waals surface area contributed by atoms with Crippen molar-refractivity contribution in [3.63, 3.8) is 0 Å². The van der Waals surface area contributed by atoms with Crippen molar-refractivity contribution in [1.29, 1.82) is 0 Å². The second kappa shape index (κ2) is 9.19. The van der Waals surface area contributed by atoms with E-state index in [9.17, 15) is 9.59 Å². The first-order valence-electron chi connectivity index (χ1n) is 9.37. The lowest BCUT2D eigenvalue weighted by molar-refractivity contribution is -0.116. The first-order valence-corrected chi connectivity index (χ1v) is 11.2. The van der Waals surface area contributed by atoms with Crippen molar-refractivity contribution in [2.75, 3.05) is 22.5 Å². The maximum absolute atomic E-state index is 12.7. The van der Waals surface area contributed by atoms with Crippen LogP contribution >= 0.6 is 23.1 Å². The molecule has 2 aromatic carbocycles. The van der Waals surface area contributed by atoms with E-state index in [0.717, 1.165) is 30.6 Å². The Labute approximate surface area is 177 Å². The van der Waals surface area contributed by atoms with Gasteiger partial charge in [-0.2, -0.15) is 0 Å². The molecule has 1 aliphatic rings. The smallest absolute Gasteiger partial charge is 0.237 e. The monoisotopic (exact) mass is 424 g/mol. The highest BCUT2D eigenvalue weighted by molar-refractivity contribution is 8.01. The van der Waals surface area contributed by atoms with Crippen molar-refractivity contribution >= 4 is 45.7 Å². The lowest BCUT2D eigenvalue weighted by Crippen LogP contribution is -2.36. The van der Waals surface area contributed by atoms with Gasteiger partial charge >= 0.3 is 0 Å². The molecule has 3 aromatic rings. The summed E-state index contributed by atoms with van der Waals surface area (Å²) < 4.78 is 0.665. The van der Waals surface area contributed by atoms with Gasteiger partial charge in [-0.3, -0.25) is 9.59 Å². The molecule has 2 heterocycles. The van der Waals surface area contributed by atoms with Crippen LogP contribution in [0.1, 0.15) is 17.5 Å². The van der Waals surface area contributed by atoms with Crippen LogP contribution in [0.5, 0.6) is 0 Å². The van der Waals surface area contributed by atoms with Crippen molar-refractivity contribution in [2.24, 2.45) is 0 Å². The molecule has 1 aromatic heterocycles. The molecule has 0 radical (unpaired) electrons. The van der Waals surface area contributed by atoms with Crippen LogP contribution in [0.2, 0.25) is 0 Å². The van der Waals surface area contributed by atoms with E-state index in [0.29, 0.717) is 15.2 Å². The minimum absolute atomic E-state index is 0.0620. The fraction of sp³-hybridized carbons (Fsp3) is 0.238. The Bertz CT molecular complexity index is 1010. The van der Waals surface area contributed by atoms with Gasteiger partial charge in [-0.25, -0.2) is 0 Å². The summed E-state index contributed by atoms with van der Waals surface area (Å²) in [7, 11) is 0. The van der Waals surface area contributed by atoms with Crippen molar-refractivity contribution in [2.45, 2.75) is 23.6 Å². The molecule has 0 unspecified atom stereocenters. The number of aryl methyl sites for hydroxylation is 1. The maximum Gasteiger partial charge on any atom is 0.237 e. The van der Waals surface area contributed by atoms with Crippen molar-refractivity contribution < 1.29 is 9.59 Å². The Morgan fingerprint density at radius 2 is 1.86 bits per heavy atom. The van der Waals surface area contributed by atoms with Gasteiger partial charge in [-0.15, -0.1) is 10.2 Å². The molecule has 0 bridgehead atoms. The molecule has 0 saturated carbocycles. The SMILES string of the molecule is O=C(Cc1ccccc1)Nc1nnc(SCC(=O)N2CCCc3ccccc32)s1. The number of nitrogens with one attached hydrogen (secondary N) is 1. The molecule has 0 atom stereocenters. The molecular weight excluding hydrogens is 404 g/mol. The van der Waals surface area contributed by atoms with E-state index < -0.39 is 0 Å². The molecular formula is C21H20N4O2S2. The highest BCUT2D eigenvalue weighted by atomic mass is 32.2. The van der Waals surface area contributed by atoms with Crippen LogP contribution in [0.3, 0.4) is 0 Å². The van der Waals surface area contributed by atoms with Crippen LogP contribution in [0.15, 0.2) is 58.9 Å². The summed E-state index contributed by atoms with van der Waals surface area (Å²) >= 11 is 2.64. The number of anilines is 2. The summed E-state index contributed by atoms with van der Waals surface area (Å²) in [5, 5.41) is 11.3. The molecule has 0 saturated heterocycles. The van der Waals surface area contributed by atoms with E-state index in [-0.39, 0.29) is 18.2 Å². The fourth-order valence-corrected chi connectivity index (χ4v) is 4.90. The third kappa shape index (κ3) is 5.02. The number of fused-ring (bicyclic) bond motifs is 1. The van der Waals surface area contributed by atoms with Gasteiger partial charge in [0.05, 0.1) is 12.2 Å². The number of hydrogen-bond donors (Lipinski definition) is 1. The van der Waals surface area contributed by atoms with Gasteiger partial charge in [-0.1, -0.05) is 71.6 Å². The largest absolute Gasteiger partial charge is 0.311 e. The number of amides is 2. The quantitative estimate of drug-likeness (QED) is 0.481. The number of para-hydroxylation sites is 1.